The van der Waals surface area contributed by atoms with E-state index in [1.807, 2.05) is 9.36 Å². The van der Waals surface area contributed by atoms with Crippen molar-refractivity contribution in [2.24, 2.45) is 28.6 Å². The summed E-state index contributed by atoms with van der Waals surface area (Å²) >= 11 is 0. The fraction of sp³-hybridized carbons (Fsp3) is 0.500. The monoisotopic (exact) mass is 439 g/mol. The van der Waals surface area contributed by atoms with Crippen molar-refractivity contribution in [1.29, 1.82) is 0 Å². The van der Waals surface area contributed by atoms with Crippen LogP contribution in [-0.2, 0) is 0 Å². The third-order valence-electron chi connectivity index (χ3n) is 11.0. The second-order valence-corrected chi connectivity index (χ2v) is 12.0. The number of hydrogen-bond donors (Lipinski definition) is 0. The molecule has 2 aromatic carbocycles. The highest BCUT2D eigenvalue weighted by Gasteiger charge is 2.63. The van der Waals surface area contributed by atoms with Gasteiger partial charge in [-0.05, 0) is 57.9 Å². The van der Waals surface area contributed by atoms with Crippen molar-refractivity contribution in [2.75, 3.05) is 0 Å². The third-order valence-corrected chi connectivity index (χ3v) is 11.0. The maximum atomic E-state index is 14.1. The van der Waals surface area contributed by atoms with Crippen LogP contribution in [0.1, 0.15) is 69.3 Å². The van der Waals surface area contributed by atoms with E-state index in [4.69, 9.17) is 0 Å². The van der Waals surface area contributed by atoms with E-state index in [0.717, 1.165) is 12.8 Å². The number of rotatable bonds is 1. The Labute approximate surface area is 192 Å². The van der Waals surface area contributed by atoms with Crippen molar-refractivity contribution in [3.05, 3.63) is 80.6 Å². The minimum Gasteiger partial charge on any atom is -0.246 e. The van der Waals surface area contributed by atoms with Gasteiger partial charge in [0.05, 0.1) is 12.1 Å². The first kappa shape index (κ1) is 18.6. The van der Waals surface area contributed by atoms with Crippen LogP contribution in [0.2, 0.25) is 0 Å². The molecule has 2 saturated carbocycles. The summed E-state index contributed by atoms with van der Waals surface area (Å²) in [5, 5.41) is 2.42. The van der Waals surface area contributed by atoms with Crippen molar-refractivity contribution in [3.8, 4) is 0 Å². The van der Waals surface area contributed by atoms with Crippen LogP contribution in [-0.4, -0.2) is 13.9 Å². The first-order chi connectivity index (χ1) is 15.8. The summed E-state index contributed by atoms with van der Waals surface area (Å²) in [4.78, 5) is 28.2. The Morgan fingerprint density at radius 2 is 1.58 bits per heavy atom. The lowest BCUT2D eigenvalue weighted by atomic mass is 9.62. The quantitative estimate of drug-likeness (QED) is 0.518. The molecule has 4 bridgehead atoms. The van der Waals surface area contributed by atoms with Crippen LogP contribution in [0.3, 0.4) is 0 Å². The minimum atomic E-state index is -0.105. The standard InChI is InChI=1S/C28H29N3O2/c1-27(2)16-12-13-28(27,3)21(14-16)29-25(32)30-23-18-10-11-19(18)24(31(30)26(29)33)22-17-7-5-4-6-15(17)8-9-20(22)23/h4-11,16,18-19,21,23-24H,12-14H2,1-3H3/t16-,18-,19-,21+,23-,24-,28-/m0/s1. The van der Waals surface area contributed by atoms with E-state index in [-0.39, 0.29) is 46.3 Å². The lowest BCUT2D eigenvalue weighted by molar-refractivity contribution is 0.103. The molecule has 0 N–H and O–H groups in total. The Balaban J connectivity index is 1.41. The van der Waals surface area contributed by atoms with Gasteiger partial charge >= 0.3 is 11.4 Å². The molecule has 0 spiro atoms. The van der Waals surface area contributed by atoms with Crippen molar-refractivity contribution in [2.45, 2.75) is 58.2 Å². The van der Waals surface area contributed by atoms with Crippen LogP contribution in [0.4, 0.5) is 0 Å². The number of nitrogens with zero attached hydrogens (tertiary/aromatic N) is 3. The SMILES string of the molecule is CC1(C)[C@H]2CC[C@@]1(C)[C@H](n1c(=O)n3n(c1=O)[C@@H]1c4c(ccc5ccccc45)[C@@H]3[C@H]3C=C[C@@H]31)C2. The van der Waals surface area contributed by atoms with Gasteiger partial charge < -0.3 is 0 Å². The van der Waals surface area contributed by atoms with Gasteiger partial charge in [-0.1, -0.05) is 69.3 Å². The van der Waals surface area contributed by atoms with Gasteiger partial charge in [-0.3, -0.25) is 0 Å². The Hall–Kier alpha value is -2.82. The molecule has 5 heteroatoms. The zero-order valence-corrected chi connectivity index (χ0v) is 19.4. The predicted molar refractivity (Wildman–Crippen MR) is 128 cm³/mol. The molecule has 0 amide bonds. The lowest BCUT2D eigenvalue weighted by Gasteiger charge is -2.52. The molecule has 0 saturated heterocycles. The molecule has 0 unspecified atom stereocenters. The summed E-state index contributed by atoms with van der Waals surface area (Å²) in [6, 6.07) is 12.6. The maximum absolute atomic E-state index is 14.1. The maximum Gasteiger partial charge on any atom is 0.348 e. The fourth-order valence-electron chi connectivity index (χ4n) is 8.69. The molecule has 3 aromatic rings. The molecule has 3 heterocycles. The number of allylic oxidation sites excluding steroid dienone is 2. The van der Waals surface area contributed by atoms with Crippen molar-refractivity contribution < 1.29 is 0 Å². The molecule has 4 aliphatic carbocycles. The first-order valence-corrected chi connectivity index (χ1v) is 12.5. The average molecular weight is 440 g/mol. The summed E-state index contributed by atoms with van der Waals surface area (Å²) in [7, 11) is 0. The second-order valence-electron chi connectivity index (χ2n) is 12.0. The fourth-order valence-corrected chi connectivity index (χ4v) is 8.69. The van der Waals surface area contributed by atoms with Crippen molar-refractivity contribution in [1.82, 2.24) is 13.9 Å². The van der Waals surface area contributed by atoms with Gasteiger partial charge in [0.25, 0.3) is 0 Å². The Kier molecular flexibility index (Phi) is 3.07. The molecule has 9 rings (SSSR count). The van der Waals surface area contributed by atoms with Gasteiger partial charge in [-0.15, -0.1) is 0 Å². The summed E-state index contributed by atoms with van der Waals surface area (Å²) in [6.07, 6.45) is 7.75. The first-order valence-electron chi connectivity index (χ1n) is 12.5. The smallest absolute Gasteiger partial charge is 0.246 e. The van der Waals surface area contributed by atoms with Crippen LogP contribution in [0, 0.1) is 28.6 Å². The van der Waals surface area contributed by atoms with Gasteiger partial charge in [0.1, 0.15) is 0 Å². The molecule has 168 valence electrons. The zero-order valence-electron chi connectivity index (χ0n) is 19.4. The van der Waals surface area contributed by atoms with Crippen LogP contribution < -0.4 is 11.4 Å². The van der Waals surface area contributed by atoms with Crippen LogP contribution in [0.15, 0.2) is 58.1 Å². The molecule has 33 heavy (non-hydrogen) atoms. The highest BCUT2D eigenvalue weighted by Crippen LogP contribution is 2.69. The van der Waals surface area contributed by atoms with E-state index in [9.17, 15) is 9.59 Å². The molecule has 7 atom stereocenters. The van der Waals surface area contributed by atoms with E-state index >= 15 is 0 Å². The second kappa shape index (κ2) is 5.45. The predicted octanol–water partition coefficient (Wildman–Crippen LogP) is 4.66. The molecule has 5 nitrogen and oxygen atoms in total. The van der Waals surface area contributed by atoms with E-state index in [2.05, 4.69) is 69.3 Å². The number of aromatic nitrogens is 3. The van der Waals surface area contributed by atoms with Gasteiger partial charge in [-0.2, -0.15) is 0 Å². The molecule has 1 aromatic heterocycles. The molecule has 2 aliphatic heterocycles. The van der Waals surface area contributed by atoms with Gasteiger partial charge in [-0.25, -0.2) is 23.5 Å². The topological polar surface area (TPSA) is 48.9 Å². The Morgan fingerprint density at radius 1 is 0.879 bits per heavy atom. The number of fused-ring (bicyclic) bond motifs is 3. The normalized spacial score (nSPS) is 38.3. The van der Waals surface area contributed by atoms with Crippen LogP contribution in [0.25, 0.3) is 10.8 Å². The molecular formula is C28H29N3O2. The summed E-state index contributed by atoms with van der Waals surface area (Å²) in [5.41, 5.74) is 2.42. The van der Waals surface area contributed by atoms with E-state index in [1.165, 1.54) is 28.3 Å². The van der Waals surface area contributed by atoms with E-state index in [0.29, 0.717) is 11.8 Å². The summed E-state index contributed by atoms with van der Waals surface area (Å²) in [5.74, 6) is 1.16. The lowest BCUT2D eigenvalue weighted by Crippen LogP contribution is -2.53. The number of benzene rings is 2. The Morgan fingerprint density at radius 3 is 2.24 bits per heavy atom. The number of hydrogen-bond acceptors (Lipinski definition) is 2. The molecular weight excluding hydrogens is 410 g/mol. The molecule has 6 aliphatic rings. The average Bonchev–Trinajstić information content (AvgIpc) is 3.25. The molecule has 0 radical (unpaired) electrons. The van der Waals surface area contributed by atoms with Gasteiger partial charge in [0.15, 0.2) is 0 Å². The third kappa shape index (κ3) is 1.81. The highest BCUT2D eigenvalue weighted by atomic mass is 16.2. The van der Waals surface area contributed by atoms with Gasteiger partial charge in [0, 0.05) is 17.9 Å². The highest BCUT2D eigenvalue weighted by molar-refractivity contribution is 5.88. The zero-order chi connectivity index (χ0) is 22.4. The van der Waals surface area contributed by atoms with Gasteiger partial charge in [0.2, 0.25) is 0 Å². The molecule has 2 fully saturated rings. The van der Waals surface area contributed by atoms with Crippen molar-refractivity contribution >= 4 is 10.8 Å². The minimum absolute atomic E-state index is 0.0123. The van der Waals surface area contributed by atoms with Crippen molar-refractivity contribution in [3.63, 3.8) is 0 Å². The van der Waals surface area contributed by atoms with E-state index in [1.54, 1.807) is 4.57 Å². The van der Waals surface area contributed by atoms with Crippen LogP contribution >= 0.6 is 0 Å². The van der Waals surface area contributed by atoms with Crippen LogP contribution in [0.5, 0.6) is 0 Å². The summed E-state index contributed by atoms with van der Waals surface area (Å²) in [6.45, 7) is 7.01. The summed E-state index contributed by atoms with van der Waals surface area (Å²) < 4.78 is 5.38. The van der Waals surface area contributed by atoms with E-state index < -0.39 is 0 Å². The largest absolute Gasteiger partial charge is 0.348 e. The Bertz CT molecular complexity index is 1530.